The number of carbonyl (C=O) groups excluding carboxylic acids is 1. The molecule has 6 nitrogen and oxygen atoms in total. The lowest BCUT2D eigenvalue weighted by atomic mass is 9.70. The quantitative estimate of drug-likeness (QED) is 0.323. The second-order valence-electron chi connectivity index (χ2n) is 10.5. The number of aliphatic hydroxyl groups is 1. The van der Waals surface area contributed by atoms with Crippen molar-refractivity contribution in [1.29, 1.82) is 0 Å². The second-order valence-corrected chi connectivity index (χ2v) is 10.5. The molecule has 3 aromatic rings. The molecule has 0 amide bonds. The molecule has 0 aliphatic heterocycles. The first-order valence-corrected chi connectivity index (χ1v) is 12.2. The number of nitrogens with zero attached hydrogens (tertiary/aromatic N) is 2. The van der Waals surface area contributed by atoms with E-state index in [0.717, 1.165) is 30.3 Å². The van der Waals surface area contributed by atoms with E-state index in [-0.39, 0.29) is 36.0 Å². The third-order valence-electron chi connectivity index (χ3n) is 6.65. The second kappa shape index (κ2) is 10.1. The minimum Gasteiger partial charge on any atom is -0.406 e. The molecule has 9 heteroatoms. The van der Waals surface area contributed by atoms with Gasteiger partial charge in [0.1, 0.15) is 5.75 Å². The van der Waals surface area contributed by atoms with Crippen molar-refractivity contribution in [2.24, 2.45) is 11.3 Å². The number of hydrogen-bond donors (Lipinski definition) is 2. The lowest BCUT2D eigenvalue weighted by Crippen LogP contribution is -2.29. The van der Waals surface area contributed by atoms with E-state index in [2.05, 4.69) is 35.4 Å². The average Bonchev–Trinajstić information content (AvgIpc) is 3.13. The number of aromatic nitrogens is 2. The summed E-state index contributed by atoms with van der Waals surface area (Å²) in [7, 11) is 0. The molecule has 36 heavy (non-hydrogen) atoms. The lowest BCUT2D eigenvalue weighted by Gasteiger charge is -2.40. The number of Topliss-reactive ketones (excluding diaryl/α,β-unsaturated/α-hetero) is 1. The summed E-state index contributed by atoms with van der Waals surface area (Å²) in [6.45, 7) is 6.71. The van der Waals surface area contributed by atoms with Crippen molar-refractivity contribution in [2.45, 2.75) is 65.3 Å². The molecule has 1 fully saturated rings. The van der Waals surface area contributed by atoms with Gasteiger partial charge in [0.15, 0.2) is 5.78 Å². The summed E-state index contributed by atoms with van der Waals surface area (Å²) < 4.78 is 43.7. The predicted molar refractivity (Wildman–Crippen MR) is 133 cm³/mol. The Morgan fingerprint density at radius 1 is 1.19 bits per heavy atom. The molecule has 0 spiro atoms. The van der Waals surface area contributed by atoms with Crippen molar-refractivity contribution < 1.29 is 27.8 Å². The Bertz CT molecular complexity index is 1220. The van der Waals surface area contributed by atoms with Crippen LogP contribution in [0.2, 0.25) is 0 Å². The van der Waals surface area contributed by atoms with Gasteiger partial charge in [0.25, 0.3) is 0 Å². The number of rotatable bonds is 8. The number of alkyl halides is 3. The molecule has 1 aliphatic carbocycles. The van der Waals surface area contributed by atoms with Gasteiger partial charge in [0.2, 0.25) is 5.95 Å². The number of ether oxygens (including phenoxy) is 1. The molecule has 2 atom stereocenters. The highest BCUT2D eigenvalue weighted by Gasteiger charge is 2.35. The molecule has 2 N–H and O–H groups in total. The molecule has 1 aromatic heterocycles. The van der Waals surface area contributed by atoms with Gasteiger partial charge >= 0.3 is 6.36 Å². The standard InChI is InChI=1S/C27H32F3N3O3/c1-17-13-20(16-26(2,3)15-17)33-23-14-18(24(35)5-4-12-34)6-11-22(23)32-25(33)31-19-7-9-21(10-8-19)36-27(28,29)30/h6-11,14,17,20,34H,4-5,12-13,15-16H2,1-3H3,(H,31,32)/t17-,20+/m1/s1. The van der Waals surface area contributed by atoms with Crippen molar-refractivity contribution in [1.82, 2.24) is 9.55 Å². The van der Waals surface area contributed by atoms with Gasteiger partial charge in [-0.25, -0.2) is 4.98 Å². The molecular formula is C27H32F3N3O3. The normalized spacial score (nSPS) is 19.9. The van der Waals surface area contributed by atoms with Crippen LogP contribution in [0.3, 0.4) is 0 Å². The Morgan fingerprint density at radius 3 is 2.56 bits per heavy atom. The fraction of sp³-hybridized carbons (Fsp3) is 0.481. The van der Waals surface area contributed by atoms with E-state index in [4.69, 9.17) is 10.1 Å². The fourth-order valence-electron chi connectivity index (χ4n) is 5.47. The van der Waals surface area contributed by atoms with Gasteiger partial charge in [-0.2, -0.15) is 0 Å². The lowest BCUT2D eigenvalue weighted by molar-refractivity contribution is -0.274. The van der Waals surface area contributed by atoms with Crippen LogP contribution in [0.5, 0.6) is 5.75 Å². The molecule has 4 rings (SSSR count). The van der Waals surface area contributed by atoms with E-state index < -0.39 is 6.36 Å². The molecule has 0 unspecified atom stereocenters. The summed E-state index contributed by atoms with van der Waals surface area (Å²) in [6.07, 6.45) is -1.08. The minimum atomic E-state index is -4.75. The van der Waals surface area contributed by atoms with Gasteiger partial charge in [-0.1, -0.05) is 20.8 Å². The first kappa shape index (κ1) is 26.0. The minimum absolute atomic E-state index is 0.0363. The average molecular weight is 504 g/mol. The number of imidazole rings is 1. The highest BCUT2D eigenvalue weighted by molar-refractivity contribution is 5.99. The summed E-state index contributed by atoms with van der Waals surface area (Å²) in [6, 6.07) is 11.1. The third-order valence-corrected chi connectivity index (χ3v) is 6.65. The van der Waals surface area contributed by atoms with E-state index in [1.54, 1.807) is 6.07 Å². The van der Waals surface area contributed by atoms with Crippen LogP contribution in [-0.4, -0.2) is 33.4 Å². The van der Waals surface area contributed by atoms with E-state index >= 15 is 0 Å². The topological polar surface area (TPSA) is 76.4 Å². The zero-order chi connectivity index (χ0) is 26.1. The Hall–Kier alpha value is -3.07. The molecule has 0 saturated heterocycles. The van der Waals surface area contributed by atoms with Gasteiger partial charge in [0, 0.05) is 30.3 Å². The highest BCUT2D eigenvalue weighted by Crippen LogP contribution is 2.46. The zero-order valence-corrected chi connectivity index (χ0v) is 20.7. The zero-order valence-electron chi connectivity index (χ0n) is 20.7. The number of ketones is 1. The van der Waals surface area contributed by atoms with Crippen molar-refractivity contribution in [3.63, 3.8) is 0 Å². The smallest absolute Gasteiger partial charge is 0.406 e. The number of aliphatic hydroxyl groups excluding tert-OH is 1. The number of hydrogen-bond acceptors (Lipinski definition) is 5. The van der Waals surface area contributed by atoms with Crippen LogP contribution < -0.4 is 10.1 Å². The van der Waals surface area contributed by atoms with Crippen LogP contribution in [0.25, 0.3) is 11.0 Å². The number of carbonyl (C=O) groups is 1. The van der Waals surface area contributed by atoms with Gasteiger partial charge < -0.3 is 19.7 Å². The summed E-state index contributed by atoms with van der Waals surface area (Å²) in [5.41, 5.74) is 2.83. The number of benzene rings is 2. The van der Waals surface area contributed by atoms with Gasteiger partial charge in [0.05, 0.1) is 11.0 Å². The van der Waals surface area contributed by atoms with E-state index in [0.29, 0.717) is 29.5 Å². The Balaban J connectivity index is 1.73. The molecule has 0 bridgehead atoms. The van der Waals surface area contributed by atoms with Crippen LogP contribution in [-0.2, 0) is 0 Å². The van der Waals surface area contributed by atoms with E-state index in [1.165, 1.54) is 24.3 Å². The SMILES string of the molecule is C[C@@H]1C[C@H](n2c(Nc3ccc(OC(F)(F)F)cc3)nc3ccc(C(=O)CCCO)cc32)CC(C)(C)C1. The molecular weight excluding hydrogens is 471 g/mol. The maximum absolute atomic E-state index is 12.7. The Labute approximate surface area is 208 Å². The summed E-state index contributed by atoms with van der Waals surface area (Å²) in [5.74, 6) is 0.739. The van der Waals surface area contributed by atoms with Crippen LogP contribution in [0.15, 0.2) is 42.5 Å². The van der Waals surface area contributed by atoms with Gasteiger partial charge in [-0.3, -0.25) is 4.79 Å². The van der Waals surface area contributed by atoms with Crippen LogP contribution in [0.1, 0.15) is 69.3 Å². The van der Waals surface area contributed by atoms with Crippen molar-refractivity contribution in [3.05, 3.63) is 48.0 Å². The van der Waals surface area contributed by atoms with E-state index in [1.807, 2.05) is 12.1 Å². The van der Waals surface area contributed by atoms with E-state index in [9.17, 15) is 18.0 Å². The highest BCUT2D eigenvalue weighted by atomic mass is 19.4. The Morgan fingerprint density at radius 2 is 1.92 bits per heavy atom. The first-order valence-electron chi connectivity index (χ1n) is 12.2. The molecule has 0 radical (unpaired) electrons. The summed E-state index contributed by atoms with van der Waals surface area (Å²) in [5, 5.41) is 12.4. The maximum atomic E-state index is 12.7. The number of halogens is 3. The number of fused-ring (bicyclic) bond motifs is 1. The van der Waals surface area contributed by atoms with Crippen LogP contribution in [0, 0.1) is 11.3 Å². The summed E-state index contributed by atoms with van der Waals surface area (Å²) in [4.78, 5) is 17.5. The van der Waals surface area contributed by atoms with Gasteiger partial charge in [-0.15, -0.1) is 13.2 Å². The fourth-order valence-corrected chi connectivity index (χ4v) is 5.47. The molecule has 1 saturated carbocycles. The largest absolute Gasteiger partial charge is 0.573 e. The van der Waals surface area contributed by atoms with Crippen molar-refractivity contribution >= 4 is 28.5 Å². The molecule has 2 aromatic carbocycles. The maximum Gasteiger partial charge on any atom is 0.573 e. The molecule has 1 aliphatic rings. The monoisotopic (exact) mass is 503 g/mol. The summed E-state index contributed by atoms with van der Waals surface area (Å²) >= 11 is 0. The first-order chi connectivity index (χ1) is 16.9. The number of anilines is 2. The molecule has 194 valence electrons. The van der Waals surface area contributed by atoms with Crippen molar-refractivity contribution in [2.75, 3.05) is 11.9 Å². The third kappa shape index (κ3) is 6.19. The van der Waals surface area contributed by atoms with Gasteiger partial charge in [-0.05, 0) is 79.5 Å². The van der Waals surface area contributed by atoms with Crippen LogP contribution in [0.4, 0.5) is 24.8 Å². The molecule has 1 heterocycles. The predicted octanol–water partition coefficient (Wildman–Crippen LogP) is 7.02. The number of nitrogens with one attached hydrogen (secondary N) is 1. The Kier molecular flexibility index (Phi) is 7.31. The van der Waals surface area contributed by atoms with Crippen molar-refractivity contribution in [3.8, 4) is 5.75 Å². The van der Waals surface area contributed by atoms with Crippen LogP contribution >= 0.6 is 0 Å².